The van der Waals surface area contributed by atoms with Crippen LogP contribution in [0, 0.1) is 5.92 Å². The fourth-order valence-electron chi connectivity index (χ4n) is 2.14. The lowest BCUT2D eigenvalue weighted by molar-refractivity contribution is -0.141. The third-order valence-electron chi connectivity index (χ3n) is 3.50. The molecule has 1 aliphatic heterocycles. The first kappa shape index (κ1) is 15.9. The van der Waals surface area contributed by atoms with Crippen LogP contribution < -0.4 is 5.32 Å². The molecule has 2 unspecified atom stereocenters. The number of hydrogen-bond donors (Lipinski definition) is 1. The van der Waals surface area contributed by atoms with Gasteiger partial charge in [-0.2, -0.15) is 0 Å². The van der Waals surface area contributed by atoms with Crippen LogP contribution >= 0.6 is 0 Å². The number of ether oxygens (including phenoxy) is 1. The maximum absolute atomic E-state index is 12.5. The van der Waals surface area contributed by atoms with Gasteiger partial charge in [-0.15, -0.1) is 0 Å². The Morgan fingerprint density at radius 2 is 2.05 bits per heavy atom. The molecule has 0 saturated carbocycles. The predicted octanol–water partition coefficient (Wildman–Crippen LogP) is -0.452. The number of rotatable bonds is 6. The van der Waals surface area contributed by atoms with E-state index in [-0.39, 0.29) is 24.4 Å². The molecule has 0 bridgehead atoms. The molecule has 0 aromatic rings. The highest BCUT2D eigenvalue weighted by atomic mass is 16.5. The lowest BCUT2D eigenvalue weighted by Crippen LogP contribution is -2.50. The van der Waals surface area contributed by atoms with Gasteiger partial charge in [0.15, 0.2) is 0 Å². The van der Waals surface area contributed by atoms with Gasteiger partial charge in [0.05, 0.1) is 19.2 Å². The first-order valence-electron chi connectivity index (χ1n) is 6.68. The summed E-state index contributed by atoms with van der Waals surface area (Å²) in [5.74, 6) is 0.236. The van der Waals surface area contributed by atoms with Gasteiger partial charge in [-0.3, -0.25) is 9.59 Å². The van der Waals surface area contributed by atoms with Crippen molar-refractivity contribution < 1.29 is 14.3 Å². The lowest BCUT2D eigenvalue weighted by Gasteiger charge is -2.27. The van der Waals surface area contributed by atoms with Crippen LogP contribution in [0.15, 0.2) is 0 Å². The standard InChI is InChI=1S/C13H25N3O3/c1-10-5-6-14-12(10)13(18)16(7-8-19-4)9-11(17)15(2)3/h10,12,14H,5-9H2,1-4H3. The molecule has 6 nitrogen and oxygen atoms in total. The molecule has 1 N–H and O–H groups in total. The van der Waals surface area contributed by atoms with Crippen molar-refractivity contribution >= 4 is 11.8 Å². The fourth-order valence-corrected chi connectivity index (χ4v) is 2.14. The quantitative estimate of drug-likeness (QED) is 0.710. The molecule has 0 spiro atoms. The molecule has 2 atom stereocenters. The fraction of sp³-hybridized carbons (Fsp3) is 0.846. The molecule has 0 aliphatic carbocycles. The summed E-state index contributed by atoms with van der Waals surface area (Å²) in [5.41, 5.74) is 0. The molecule has 2 amide bonds. The summed E-state index contributed by atoms with van der Waals surface area (Å²) >= 11 is 0. The maximum atomic E-state index is 12.5. The molecule has 6 heteroatoms. The Hall–Kier alpha value is -1.14. The Bertz CT molecular complexity index is 320. The molecule has 0 radical (unpaired) electrons. The van der Waals surface area contributed by atoms with E-state index in [1.54, 1.807) is 26.1 Å². The zero-order valence-corrected chi connectivity index (χ0v) is 12.3. The second-order valence-electron chi connectivity index (χ2n) is 5.24. The van der Waals surface area contributed by atoms with E-state index in [9.17, 15) is 9.59 Å². The van der Waals surface area contributed by atoms with Gasteiger partial charge in [0, 0.05) is 27.7 Å². The van der Waals surface area contributed by atoms with Crippen LogP contribution in [0.25, 0.3) is 0 Å². The second-order valence-corrected chi connectivity index (χ2v) is 5.24. The molecule has 1 saturated heterocycles. The lowest BCUT2D eigenvalue weighted by atomic mass is 10.0. The van der Waals surface area contributed by atoms with Crippen molar-refractivity contribution in [3.63, 3.8) is 0 Å². The molecule has 0 aromatic carbocycles. The summed E-state index contributed by atoms with van der Waals surface area (Å²) in [4.78, 5) is 27.3. The smallest absolute Gasteiger partial charge is 0.241 e. The number of methoxy groups -OCH3 is 1. The molecule has 1 aliphatic rings. The van der Waals surface area contributed by atoms with E-state index in [1.807, 2.05) is 0 Å². The zero-order valence-electron chi connectivity index (χ0n) is 12.3. The van der Waals surface area contributed by atoms with Gasteiger partial charge in [0.25, 0.3) is 0 Å². The first-order chi connectivity index (χ1) is 8.97. The molecule has 110 valence electrons. The van der Waals surface area contributed by atoms with Gasteiger partial charge < -0.3 is 19.9 Å². The second kappa shape index (κ2) is 7.45. The largest absolute Gasteiger partial charge is 0.383 e. The Labute approximate surface area is 115 Å². The van der Waals surface area contributed by atoms with Crippen LogP contribution in [0.2, 0.25) is 0 Å². The Morgan fingerprint density at radius 1 is 1.37 bits per heavy atom. The number of nitrogens with zero attached hydrogens (tertiary/aromatic N) is 2. The highest BCUT2D eigenvalue weighted by molar-refractivity contribution is 5.87. The first-order valence-corrected chi connectivity index (χ1v) is 6.68. The molecule has 1 rings (SSSR count). The monoisotopic (exact) mass is 271 g/mol. The number of amides is 2. The number of carbonyl (C=O) groups is 2. The van der Waals surface area contributed by atoms with Crippen LogP contribution in [0.1, 0.15) is 13.3 Å². The van der Waals surface area contributed by atoms with E-state index in [0.717, 1.165) is 13.0 Å². The van der Waals surface area contributed by atoms with Crippen molar-refractivity contribution in [1.29, 1.82) is 0 Å². The van der Waals surface area contributed by atoms with Crippen LogP contribution in [0.3, 0.4) is 0 Å². The predicted molar refractivity (Wildman–Crippen MR) is 72.7 cm³/mol. The normalized spacial score (nSPS) is 22.3. The van der Waals surface area contributed by atoms with Crippen LogP contribution in [-0.4, -0.2) is 75.1 Å². The highest BCUT2D eigenvalue weighted by Gasteiger charge is 2.33. The van der Waals surface area contributed by atoms with Gasteiger partial charge in [0.1, 0.15) is 0 Å². The van der Waals surface area contributed by atoms with Gasteiger partial charge in [-0.1, -0.05) is 6.92 Å². The zero-order chi connectivity index (χ0) is 14.4. The Morgan fingerprint density at radius 3 is 2.53 bits per heavy atom. The van der Waals surface area contributed by atoms with Crippen molar-refractivity contribution in [3.05, 3.63) is 0 Å². The molecule has 1 fully saturated rings. The number of likely N-dealkylation sites (N-methyl/N-ethyl adjacent to an activating group) is 1. The molecule has 0 aromatic heterocycles. The van der Waals surface area contributed by atoms with E-state index >= 15 is 0 Å². The summed E-state index contributed by atoms with van der Waals surface area (Å²) < 4.78 is 5.01. The van der Waals surface area contributed by atoms with E-state index in [0.29, 0.717) is 19.1 Å². The average Bonchev–Trinajstić information content (AvgIpc) is 2.79. The maximum Gasteiger partial charge on any atom is 0.241 e. The van der Waals surface area contributed by atoms with E-state index in [1.165, 1.54) is 4.90 Å². The van der Waals surface area contributed by atoms with Crippen molar-refractivity contribution in [2.75, 3.05) is 47.4 Å². The number of carbonyl (C=O) groups excluding carboxylic acids is 2. The highest BCUT2D eigenvalue weighted by Crippen LogP contribution is 2.16. The van der Waals surface area contributed by atoms with Gasteiger partial charge >= 0.3 is 0 Å². The minimum Gasteiger partial charge on any atom is -0.383 e. The van der Waals surface area contributed by atoms with Gasteiger partial charge in [-0.05, 0) is 18.9 Å². The third kappa shape index (κ3) is 4.47. The summed E-state index contributed by atoms with van der Waals surface area (Å²) in [5, 5.41) is 3.21. The molecule has 19 heavy (non-hydrogen) atoms. The molecular weight excluding hydrogens is 246 g/mol. The Kier molecular flexibility index (Phi) is 6.24. The van der Waals surface area contributed by atoms with E-state index in [4.69, 9.17) is 4.74 Å². The summed E-state index contributed by atoms with van der Waals surface area (Å²) in [6.45, 7) is 3.91. The van der Waals surface area contributed by atoms with Crippen molar-refractivity contribution in [1.82, 2.24) is 15.1 Å². The number of nitrogens with one attached hydrogen (secondary N) is 1. The molecular formula is C13H25N3O3. The van der Waals surface area contributed by atoms with Crippen molar-refractivity contribution in [2.24, 2.45) is 5.92 Å². The summed E-state index contributed by atoms with van der Waals surface area (Å²) in [6, 6.07) is -0.174. The van der Waals surface area contributed by atoms with Crippen LogP contribution in [-0.2, 0) is 14.3 Å². The SMILES string of the molecule is COCCN(CC(=O)N(C)C)C(=O)C1NCCC1C. The van der Waals surface area contributed by atoms with Crippen LogP contribution in [0.5, 0.6) is 0 Å². The van der Waals surface area contributed by atoms with Crippen molar-refractivity contribution in [3.8, 4) is 0 Å². The number of hydrogen-bond acceptors (Lipinski definition) is 4. The van der Waals surface area contributed by atoms with E-state index < -0.39 is 0 Å². The summed E-state index contributed by atoms with van der Waals surface area (Å²) in [7, 11) is 4.97. The van der Waals surface area contributed by atoms with Crippen LogP contribution in [0.4, 0.5) is 0 Å². The molecule has 1 heterocycles. The average molecular weight is 271 g/mol. The van der Waals surface area contributed by atoms with Gasteiger partial charge in [-0.25, -0.2) is 0 Å². The summed E-state index contributed by atoms with van der Waals surface area (Å²) in [6.07, 6.45) is 0.996. The van der Waals surface area contributed by atoms with Gasteiger partial charge in [0.2, 0.25) is 11.8 Å². The minimum absolute atomic E-state index is 0.00255. The van der Waals surface area contributed by atoms with E-state index in [2.05, 4.69) is 12.2 Å². The minimum atomic E-state index is -0.174. The third-order valence-corrected chi connectivity index (χ3v) is 3.50. The topological polar surface area (TPSA) is 61.9 Å². The Balaban J connectivity index is 2.66. The van der Waals surface area contributed by atoms with Crippen molar-refractivity contribution in [2.45, 2.75) is 19.4 Å².